The molecule has 290 valence electrons. The van der Waals surface area contributed by atoms with Gasteiger partial charge in [0.1, 0.15) is 0 Å². The average Bonchev–Trinajstić information content (AvgIpc) is 3.78. The molecule has 0 heterocycles. The summed E-state index contributed by atoms with van der Waals surface area (Å²) in [6.45, 7) is 22.3. The molecule has 0 N–H and O–H groups in total. The summed E-state index contributed by atoms with van der Waals surface area (Å²) in [5.74, 6) is 0.460. The van der Waals surface area contributed by atoms with Crippen LogP contribution in [0.4, 0.5) is 13.2 Å². The van der Waals surface area contributed by atoms with Crippen LogP contribution < -0.4 is 24.8 Å². The van der Waals surface area contributed by atoms with Gasteiger partial charge in [0, 0.05) is 10.8 Å². The maximum atomic E-state index is 12.7. The molecule has 0 bridgehead atoms. The Balaban J connectivity index is 0.000000223. The molecule has 0 spiro atoms. The van der Waals surface area contributed by atoms with Crippen molar-refractivity contribution in [3.63, 3.8) is 0 Å². The zero-order valence-electron chi connectivity index (χ0n) is 33.5. The van der Waals surface area contributed by atoms with Gasteiger partial charge in [-0.05, 0) is 28.6 Å². The maximum absolute atomic E-state index is 12.7. The molecule has 0 aromatic heterocycles. The van der Waals surface area contributed by atoms with Crippen LogP contribution in [0.2, 0.25) is 0 Å². The van der Waals surface area contributed by atoms with Crippen LogP contribution in [0.3, 0.4) is 0 Å². The minimum Gasteiger partial charge on any atom is -1.00 e. The fraction of sp³-hybridized carbons (Fsp3) is 0.388. The van der Waals surface area contributed by atoms with Crippen molar-refractivity contribution in [2.45, 2.75) is 74.9 Å². The van der Waals surface area contributed by atoms with E-state index in [0.717, 1.165) is 51.1 Å². The predicted octanol–water partition coefficient (Wildman–Crippen LogP) is 7.09. The molecular weight excluding hydrogens is 808 g/mol. The van der Waals surface area contributed by atoms with Crippen LogP contribution in [0, 0.1) is 63.2 Å². The van der Waals surface area contributed by atoms with Gasteiger partial charge >= 0.3 is 124 Å². The van der Waals surface area contributed by atoms with Crippen molar-refractivity contribution in [1.82, 2.24) is 0 Å². The molecule has 55 heavy (non-hydrogen) atoms. The van der Waals surface area contributed by atoms with E-state index in [1.54, 1.807) is 6.07 Å². The van der Waals surface area contributed by atoms with Gasteiger partial charge in [0.05, 0.1) is 0 Å². The van der Waals surface area contributed by atoms with Crippen LogP contribution in [0.5, 0.6) is 0 Å². The molecule has 2 aromatic carbocycles. The molecule has 0 nitrogen and oxygen atoms in total. The van der Waals surface area contributed by atoms with Crippen LogP contribution in [0.1, 0.15) is 84.1 Å². The van der Waals surface area contributed by atoms with Crippen LogP contribution in [0.25, 0.3) is 0 Å². The van der Waals surface area contributed by atoms with Gasteiger partial charge in [0.15, 0.2) is 0 Å². The van der Waals surface area contributed by atoms with Crippen molar-refractivity contribution < 1.29 is 62.2 Å². The SMILES string of the molecule is CC1=CC=CC2[CH-]C3(C)C4(C)C=CC=CC4(C)C4(C)C=CC=CC4(C)C3(C)C12C.Cc1ccc([C](=[Zr+2])c2cccc(C(F)(F)F)c2)cc1.[C-]1=CC=CC1.[Cl-].[Cl-]. The first-order valence-corrected chi connectivity index (χ1v) is 20.0. The number of fused-ring (bicyclic) bond motifs is 8. The van der Waals surface area contributed by atoms with Crippen molar-refractivity contribution in [2.24, 2.45) is 43.8 Å². The molecule has 6 aliphatic carbocycles. The number of hydrogen-bond donors (Lipinski definition) is 0. The van der Waals surface area contributed by atoms with Gasteiger partial charge in [-0.15, -0.1) is 23.8 Å². The summed E-state index contributed by atoms with van der Waals surface area (Å²) in [4.78, 5) is 0. The van der Waals surface area contributed by atoms with Crippen molar-refractivity contribution in [1.29, 1.82) is 0 Å². The van der Waals surface area contributed by atoms with Crippen LogP contribution in [-0.2, 0) is 30.4 Å². The maximum Gasteiger partial charge on any atom is -0.109 e. The first-order valence-electron chi connectivity index (χ1n) is 18.8. The average molecular weight is 861 g/mol. The largest absolute Gasteiger partial charge is 1.00 e. The topological polar surface area (TPSA) is 0 Å². The Hall–Kier alpha value is -2.52. The summed E-state index contributed by atoms with van der Waals surface area (Å²) >= 11 is 1.10. The predicted molar refractivity (Wildman–Crippen MR) is 211 cm³/mol. The van der Waals surface area contributed by atoms with Crippen molar-refractivity contribution in [2.75, 3.05) is 0 Å². The summed E-state index contributed by atoms with van der Waals surface area (Å²) in [5, 5.41) is 0. The molecular formula is C49H53Cl2F3Zr-2. The van der Waals surface area contributed by atoms with E-state index in [2.05, 4.69) is 141 Å². The monoisotopic (exact) mass is 858 g/mol. The summed E-state index contributed by atoms with van der Waals surface area (Å²) in [6.07, 6.45) is 35.0. The fourth-order valence-corrected chi connectivity index (χ4v) is 12.1. The first kappa shape index (κ1) is 45.2. The second-order valence-electron chi connectivity index (χ2n) is 17.0. The second kappa shape index (κ2) is 15.7. The van der Waals surface area contributed by atoms with Gasteiger partial charge < -0.3 is 31.2 Å². The molecule has 6 aliphatic rings. The van der Waals surface area contributed by atoms with Crippen LogP contribution >= 0.6 is 0 Å². The molecule has 0 radical (unpaired) electrons. The molecule has 0 amide bonds. The van der Waals surface area contributed by atoms with E-state index >= 15 is 0 Å². The Kier molecular flexibility index (Phi) is 12.9. The van der Waals surface area contributed by atoms with E-state index in [0.29, 0.717) is 11.5 Å². The van der Waals surface area contributed by atoms with Gasteiger partial charge in [0.25, 0.3) is 0 Å². The number of benzene rings is 2. The molecule has 8 unspecified atom stereocenters. The van der Waals surface area contributed by atoms with Gasteiger partial charge in [-0.3, -0.25) is 6.08 Å². The van der Waals surface area contributed by atoms with Crippen molar-refractivity contribution >= 4 is 3.21 Å². The van der Waals surface area contributed by atoms with E-state index in [9.17, 15) is 13.2 Å². The number of aryl methyl sites for hydroxylation is 1. The molecule has 2 saturated carbocycles. The third-order valence-corrected chi connectivity index (χ3v) is 16.9. The normalized spacial score (nSPS) is 36.7. The minimum absolute atomic E-state index is 0. The van der Waals surface area contributed by atoms with E-state index in [1.165, 1.54) is 17.7 Å². The molecule has 0 aliphatic heterocycles. The summed E-state index contributed by atoms with van der Waals surface area (Å²) in [7, 11) is 0. The number of allylic oxidation sites excluding steroid dienone is 16. The Morgan fingerprint density at radius 1 is 0.727 bits per heavy atom. The minimum atomic E-state index is -4.29. The summed E-state index contributed by atoms with van der Waals surface area (Å²) in [5.41, 5.74) is 3.88. The third-order valence-electron chi connectivity index (χ3n) is 15.4. The van der Waals surface area contributed by atoms with E-state index in [4.69, 9.17) is 0 Å². The smallest absolute Gasteiger partial charge is 0.109 e. The number of hydrogen-bond acceptors (Lipinski definition) is 0. The van der Waals surface area contributed by atoms with E-state index in [1.807, 2.05) is 43.3 Å². The molecule has 6 heteroatoms. The van der Waals surface area contributed by atoms with Gasteiger partial charge in [-0.25, -0.2) is 12.2 Å². The van der Waals surface area contributed by atoms with Crippen molar-refractivity contribution in [3.05, 3.63) is 174 Å². The fourth-order valence-electron chi connectivity index (χ4n) is 11.3. The number of halogens is 5. The third kappa shape index (κ3) is 6.39. The quantitative estimate of drug-likeness (QED) is 0.284. The van der Waals surface area contributed by atoms with Gasteiger partial charge in [-0.1, -0.05) is 115 Å². The zero-order chi connectivity index (χ0) is 38.7. The van der Waals surface area contributed by atoms with E-state index in [-0.39, 0.29) is 62.7 Å². The number of alkyl halides is 3. The Bertz CT molecular complexity index is 2020. The number of rotatable bonds is 2. The molecule has 2 fully saturated rings. The van der Waals surface area contributed by atoms with E-state index < -0.39 is 11.7 Å². The van der Waals surface area contributed by atoms with Crippen LogP contribution in [0.15, 0.2) is 139 Å². The first-order chi connectivity index (χ1) is 24.8. The summed E-state index contributed by atoms with van der Waals surface area (Å²) in [6, 6.07) is 13.3. The Morgan fingerprint density at radius 2 is 1.29 bits per heavy atom. The van der Waals surface area contributed by atoms with Gasteiger partial charge in [-0.2, -0.15) is 6.08 Å². The van der Waals surface area contributed by atoms with Crippen molar-refractivity contribution in [3.8, 4) is 0 Å². The standard InChI is InChI=1S/C29H37.C15H11F3.C5H5.2ClH.Zr/c1-21-14-13-15-22-20-27(6)25(4)18-10-9-16-23(25,2)24(3)17-11-12-19-26(24,5)29(27,8)28(21,22)7;1-11-5-7-12(8-6-11)9-13-3-2-4-14(10-13)15(16,17)18;1-2-4-5-3-1;;;/h9-20,22H,1-8H3;2-8,10H,1H3;1-3H,4H2;2*1H;/q-1;;-1;;;+2/p-2. The Labute approximate surface area is 355 Å². The Morgan fingerprint density at radius 3 is 1.82 bits per heavy atom. The van der Waals surface area contributed by atoms with Crippen LogP contribution in [-0.4, -0.2) is 3.21 Å². The van der Waals surface area contributed by atoms with Gasteiger partial charge in [0.2, 0.25) is 0 Å². The summed E-state index contributed by atoms with van der Waals surface area (Å²) < 4.78 is 39.0. The molecule has 2 aromatic rings. The molecule has 0 saturated heterocycles. The molecule has 8 rings (SSSR count). The second-order valence-corrected chi connectivity index (χ2v) is 18.3. The zero-order valence-corrected chi connectivity index (χ0v) is 37.4. The molecule has 8 atom stereocenters.